The summed E-state index contributed by atoms with van der Waals surface area (Å²) < 4.78 is 0. The van der Waals surface area contributed by atoms with Gasteiger partial charge in [-0.3, -0.25) is 5.26 Å². The highest BCUT2D eigenvalue weighted by Crippen LogP contribution is 2.89. The SMILES string of the molecule is C[C@H](C/C=C/C(C)(C)OO)[C@H]1CC[C@@]2(C)[C@@H]3CCC4C(C)(C)[C@@H](O)CC[C@@]45C[C@@]35CC[C@]12C. The Morgan fingerprint density at radius 1 is 0.909 bits per heavy atom. The summed E-state index contributed by atoms with van der Waals surface area (Å²) in [6.45, 7) is 16.4. The fourth-order valence-corrected chi connectivity index (χ4v) is 11.1. The van der Waals surface area contributed by atoms with E-state index in [0.717, 1.165) is 30.6 Å². The summed E-state index contributed by atoms with van der Waals surface area (Å²) in [6.07, 6.45) is 17.3. The molecule has 5 aliphatic carbocycles. The molecule has 5 aliphatic rings. The molecule has 5 saturated carbocycles. The molecule has 2 N–H and O–H groups in total. The molecule has 3 nitrogen and oxygen atoms in total. The van der Waals surface area contributed by atoms with Crippen LogP contribution in [0.25, 0.3) is 0 Å². The van der Waals surface area contributed by atoms with Crippen LogP contribution in [0.15, 0.2) is 12.2 Å². The van der Waals surface area contributed by atoms with Crippen molar-refractivity contribution in [1.82, 2.24) is 0 Å². The average molecular weight is 459 g/mol. The highest BCUT2D eigenvalue weighted by molar-refractivity contribution is 5.30. The fourth-order valence-electron chi connectivity index (χ4n) is 11.1. The molecular weight excluding hydrogens is 408 g/mol. The topological polar surface area (TPSA) is 49.7 Å². The van der Waals surface area contributed by atoms with E-state index in [1.165, 1.54) is 51.4 Å². The molecule has 9 atom stereocenters. The van der Waals surface area contributed by atoms with Crippen LogP contribution in [0.3, 0.4) is 0 Å². The van der Waals surface area contributed by atoms with E-state index in [-0.39, 0.29) is 11.5 Å². The zero-order chi connectivity index (χ0) is 24.1. The van der Waals surface area contributed by atoms with Crippen LogP contribution in [0, 0.1) is 50.7 Å². The number of aliphatic hydroxyl groups excluding tert-OH is 1. The van der Waals surface area contributed by atoms with Crippen molar-refractivity contribution in [3.05, 3.63) is 12.2 Å². The molecule has 0 aromatic rings. The van der Waals surface area contributed by atoms with Gasteiger partial charge in [0.1, 0.15) is 5.60 Å². The number of allylic oxidation sites excluding steroid dienone is 1. The Kier molecular flexibility index (Phi) is 5.40. The van der Waals surface area contributed by atoms with Crippen molar-refractivity contribution < 1.29 is 15.3 Å². The third-order valence-corrected chi connectivity index (χ3v) is 13.1. The molecule has 0 bridgehead atoms. The van der Waals surface area contributed by atoms with Crippen LogP contribution in [0.5, 0.6) is 0 Å². The van der Waals surface area contributed by atoms with Crippen molar-refractivity contribution in [2.45, 2.75) is 124 Å². The second kappa shape index (κ2) is 7.32. The lowest BCUT2D eigenvalue weighted by Gasteiger charge is -2.63. The Balaban J connectivity index is 1.38. The van der Waals surface area contributed by atoms with Gasteiger partial charge in [0.15, 0.2) is 0 Å². The Bertz CT molecular complexity index is 815. The fraction of sp³-hybridized carbons (Fsp3) is 0.933. The van der Waals surface area contributed by atoms with Crippen molar-refractivity contribution in [1.29, 1.82) is 0 Å². The molecule has 0 radical (unpaired) electrons. The van der Waals surface area contributed by atoms with E-state index in [2.05, 4.69) is 45.6 Å². The first-order valence-corrected chi connectivity index (χ1v) is 14.0. The molecule has 0 saturated heterocycles. The van der Waals surface area contributed by atoms with Gasteiger partial charge in [0.05, 0.1) is 6.10 Å². The second-order valence-corrected chi connectivity index (χ2v) is 14.8. The molecule has 0 heterocycles. The van der Waals surface area contributed by atoms with Crippen LogP contribution >= 0.6 is 0 Å². The number of hydrogen-bond donors (Lipinski definition) is 2. The summed E-state index contributed by atoms with van der Waals surface area (Å²) in [5.41, 5.74) is 1.47. The van der Waals surface area contributed by atoms with Crippen LogP contribution in [0.4, 0.5) is 0 Å². The lowest BCUT2D eigenvalue weighted by Crippen LogP contribution is -2.57. The largest absolute Gasteiger partial charge is 0.393 e. The minimum atomic E-state index is -0.606. The normalized spacial score (nSPS) is 51.4. The van der Waals surface area contributed by atoms with Gasteiger partial charge in [-0.1, -0.05) is 46.8 Å². The summed E-state index contributed by atoms with van der Waals surface area (Å²) in [4.78, 5) is 4.60. The third kappa shape index (κ3) is 3.03. The van der Waals surface area contributed by atoms with E-state index in [1.807, 2.05) is 19.9 Å². The minimum Gasteiger partial charge on any atom is -0.393 e. The molecule has 5 rings (SSSR count). The van der Waals surface area contributed by atoms with Gasteiger partial charge in [0.25, 0.3) is 0 Å². The van der Waals surface area contributed by atoms with E-state index < -0.39 is 5.60 Å². The Hall–Kier alpha value is -0.380. The lowest BCUT2D eigenvalue weighted by atomic mass is 9.42. The summed E-state index contributed by atoms with van der Waals surface area (Å²) >= 11 is 0. The van der Waals surface area contributed by atoms with E-state index in [0.29, 0.717) is 27.6 Å². The maximum atomic E-state index is 10.8. The molecule has 0 aromatic carbocycles. The zero-order valence-electron chi connectivity index (χ0n) is 22.4. The average Bonchev–Trinajstić information content (AvgIpc) is 3.33. The lowest BCUT2D eigenvalue weighted by molar-refractivity contribution is -0.297. The summed E-state index contributed by atoms with van der Waals surface area (Å²) in [5.74, 6) is 3.03. The monoisotopic (exact) mass is 458 g/mol. The Labute approximate surface area is 202 Å². The van der Waals surface area contributed by atoms with Crippen LogP contribution < -0.4 is 0 Å². The van der Waals surface area contributed by atoms with Gasteiger partial charge in [-0.15, -0.1) is 0 Å². The Morgan fingerprint density at radius 2 is 1.58 bits per heavy atom. The van der Waals surface area contributed by atoms with Gasteiger partial charge in [-0.25, -0.2) is 4.89 Å². The van der Waals surface area contributed by atoms with Crippen LogP contribution in [0.1, 0.15) is 113 Å². The van der Waals surface area contributed by atoms with Crippen LogP contribution in [-0.4, -0.2) is 22.1 Å². The van der Waals surface area contributed by atoms with Crippen LogP contribution in [-0.2, 0) is 4.89 Å². The standard InChI is InChI=1S/C30H50O3/c1-20(9-8-14-25(2,3)33-32)21-12-15-28(7)23-11-10-22-26(4,5)24(31)13-16-29(22)19-30(23,29)18-17-27(21,28)6/h8,14,20-24,31-32H,9-13,15-19H2,1-7H3/b14-8+/t20-,21-,22?,23+,24+,27-,28+,29-,30+/m1/s1. The van der Waals surface area contributed by atoms with E-state index in [4.69, 9.17) is 5.26 Å². The van der Waals surface area contributed by atoms with Crippen molar-refractivity contribution in [3.63, 3.8) is 0 Å². The van der Waals surface area contributed by atoms with Crippen LogP contribution in [0.2, 0.25) is 0 Å². The third-order valence-electron chi connectivity index (χ3n) is 13.1. The van der Waals surface area contributed by atoms with Gasteiger partial charge >= 0.3 is 0 Å². The molecule has 3 heteroatoms. The molecular formula is C30H50O3. The first kappa shape index (κ1) is 24.3. The molecule has 1 unspecified atom stereocenters. The Morgan fingerprint density at radius 3 is 2.27 bits per heavy atom. The van der Waals surface area contributed by atoms with Gasteiger partial charge in [-0.2, -0.15) is 0 Å². The van der Waals surface area contributed by atoms with E-state index in [9.17, 15) is 5.11 Å². The van der Waals surface area contributed by atoms with Crippen molar-refractivity contribution in [2.24, 2.45) is 50.7 Å². The van der Waals surface area contributed by atoms with Gasteiger partial charge < -0.3 is 5.11 Å². The summed E-state index contributed by atoms with van der Waals surface area (Å²) in [7, 11) is 0. The molecule has 188 valence electrons. The van der Waals surface area contributed by atoms with Crippen molar-refractivity contribution >= 4 is 0 Å². The molecule has 33 heavy (non-hydrogen) atoms. The van der Waals surface area contributed by atoms with E-state index >= 15 is 0 Å². The highest BCUT2D eigenvalue weighted by Gasteiger charge is 2.82. The number of rotatable bonds is 5. The first-order chi connectivity index (χ1) is 15.3. The predicted molar refractivity (Wildman–Crippen MR) is 134 cm³/mol. The summed E-state index contributed by atoms with van der Waals surface area (Å²) in [5, 5.41) is 20.0. The van der Waals surface area contributed by atoms with E-state index in [1.54, 1.807) is 0 Å². The summed E-state index contributed by atoms with van der Waals surface area (Å²) in [6, 6.07) is 0. The van der Waals surface area contributed by atoms with Gasteiger partial charge in [-0.05, 0) is 129 Å². The number of fused-ring (bicyclic) bond motifs is 2. The maximum Gasteiger partial charge on any atom is 0.116 e. The molecule has 0 aromatic heterocycles. The molecule has 5 fully saturated rings. The number of aliphatic hydroxyl groups is 1. The predicted octanol–water partition coefficient (Wildman–Crippen LogP) is 7.64. The molecule has 0 amide bonds. The van der Waals surface area contributed by atoms with Crippen molar-refractivity contribution in [2.75, 3.05) is 0 Å². The quantitative estimate of drug-likeness (QED) is 0.253. The minimum absolute atomic E-state index is 0.0828. The zero-order valence-corrected chi connectivity index (χ0v) is 22.4. The maximum absolute atomic E-state index is 10.8. The second-order valence-electron chi connectivity index (χ2n) is 14.8. The highest BCUT2D eigenvalue weighted by atomic mass is 17.1. The molecule has 0 aliphatic heterocycles. The number of hydrogen-bond acceptors (Lipinski definition) is 3. The first-order valence-electron chi connectivity index (χ1n) is 14.0. The molecule has 2 spiro atoms. The van der Waals surface area contributed by atoms with Crippen molar-refractivity contribution in [3.8, 4) is 0 Å². The van der Waals surface area contributed by atoms with Gasteiger partial charge in [0, 0.05) is 0 Å². The smallest absolute Gasteiger partial charge is 0.116 e. The van der Waals surface area contributed by atoms with Gasteiger partial charge in [0.2, 0.25) is 0 Å².